The Bertz CT molecular complexity index is 1200. The van der Waals surface area contributed by atoms with E-state index in [1.807, 2.05) is 62.4 Å². The molecule has 1 amide bonds. The van der Waals surface area contributed by atoms with E-state index in [0.717, 1.165) is 34.4 Å². The Labute approximate surface area is 216 Å². The Morgan fingerprint density at radius 3 is 2.44 bits per heavy atom. The molecule has 1 aromatic heterocycles. The second kappa shape index (κ2) is 13.5. The van der Waals surface area contributed by atoms with Crippen LogP contribution in [0.15, 0.2) is 54.6 Å². The van der Waals surface area contributed by atoms with Crippen LogP contribution in [0.2, 0.25) is 0 Å². The van der Waals surface area contributed by atoms with E-state index in [9.17, 15) is 9.59 Å². The van der Waals surface area contributed by atoms with E-state index in [2.05, 4.69) is 12.2 Å². The number of esters is 1. The van der Waals surface area contributed by atoms with Crippen molar-refractivity contribution in [2.45, 2.75) is 40.5 Å². The van der Waals surface area contributed by atoms with Gasteiger partial charge < -0.3 is 19.5 Å². The first-order valence-corrected chi connectivity index (χ1v) is 13.0. The normalized spacial score (nSPS) is 10.9. The summed E-state index contributed by atoms with van der Waals surface area (Å²) in [5.41, 5.74) is 2.85. The van der Waals surface area contributed by atoms with Crippen molar-refractivity contribution in [1.29, 1.82) is 0 Å². The zero-order chi connectivity index (χ0) is 25.9. The van der Waals surface area contributed by atoms with Gasteiger partial charge in [0.15, 0.2) is 11.5 Å². The van der Waals surface area contributed by atoms with Crippen LogP contribution in [0.1, 0.15) is 54.4 Å². The van der Waals surface area contributed by atoms with Gasteiger partial charge >= 0.3 is 5.97 Å². The number of benzene rings is 2. The van der Waals surface area contributed by atoms with Crippen LogP contribution in [-0.4, -0.2) is 31.7 Å². The lowest BCUT2D eigenvalue weighted by atomic mass is 10.0. The summed E-state index contributed by atoms with van der Waals surface area (Å²) >= 11 is 1.36. The second-order valence-corrected chi connectivity index (χ2v) is 9.21. The van der Waals surface area contributed by atoms with Crippen molar-refractivity contribution in [2.75, 3.05) is 25.1 Å². The fourth-order valence-corrected chi connectivity index (χ4v) is 4.72. The van der Waals surface area contributed by atoms with Gasteiger partial charge in [0.25, 0.3) is 0 Å². The maximum absolute atomic E-state index is 12.8. The Morgan fingerprint density at radius 1 is 0.972 bits per heavy atom. The standard InChI is InChI=1S/C29H33NO5S/c1-5-8-18-35-23-16-14-21(19-24(23)33-6-2)15-17-25(31)30-28-27(29(32)34-7-3)26(20(4)36-28)22-12-10-9-11-13-22/h9-17,19H,5-8,18H2,1-4H3,(H,30,31)/b17-15+. The minimum atomic E-state index is -0.458. The van der Waals surface area contributed by atoms with Gasteiger partial charge in [0.05, 0.1) is 19.8 Å². The van der Waals surface area contributed by atoms with E-state index in [4.69, 9.17) is 14.2 Å². The van der Waals surface area contributed by atoms with Crippen LogP contribution in [0.25, 0.3) is 17.2 Å². The number of unbranched alkanes of at least 4 members (excludes halogenated alkanes) is 1. The molecule has 0 fully saturated rings. The third-order valence-corrected chi connectivity index (χ3v) is 6.33. The van der Waals surface area contributed by atoms with Crippen LogP contribution in [0, 0.1) is 6.92 Å². The lowest BCUT2D eigenvalue weighted by Gasteiger charge is -2.12. The van der Waals surface area contributed by atoms with Crippen molar-refractivity contribution >= 4 is 34.3 Å². The van der Waals surface area contributed by atoms with Gasteiger partial charge in [-0.2, -0.15) is 0 Å². The van der Waals surface area contributed by atoms with E-state index < -0.39 is 5.97 Å². The van der Waals surface area contributed by atoms with Crippen LogP contribution in [0.5, 0.6) is 11.5 Å². The molecule has 0 aliphatic heterocycles. The number of aryl methyl sites for hydroxylation is 1. The first kappa shape index (κ1) is 27.0. The number of carbonyl (C=O) groups excluding carboxylic acids is 2. The zero-order valence-electron chi connectivity index (χ0n) is 21.3. The summed E-state index contributed by atoms with van der Waals surface area (Å²) in [6.07, 6.45) is 5.16. The molecule has 3 aromatic rings. The Balaban J connectivity index is 1.82. The van der Waals surface area contributed by atoms with Crippen LogP contribution < -0.4 is 14.8 Å². The third kappa shape index (κ3) is 6.98. The molecular formula is C29H33NO5S. The Morgan fingerprint density at radius 2 is 1.75 bits per heavy atom. The first-order chi connectivity index (χ1) is 17.5. The van der Waals surface area contributed by atoms with E-state index in [1.165, 1.54) is 17.4 Å². The molecule has 2 aromatic carbocycles. The van der Waals surface area contributed by atoms with Crippen molar-refractivity contribution in [3.05, 3.63) is 70.6 Å². The quantitative estimate of drug-likeness (QED) is 0.160. The van der Waals surface area contributed by atoms with Crippen molar-refractivity contribution in [1.82, 2.24) is 0 Å². The molecule has 0 bridgehead atoms. The minimum Gasteiger partial charge on any atom is -0.490 e. The fourth-order valence-electron chi connectivity index (χ4n) is 3.65. The summed E-state index contributed by atoms with van der Waals surface area (Å²) in [5, 5.41) is 3.34. The SMILES string of the molecule is CCCCOc1ccc(/C=C/C(=O)Nc2sc(C)c(-c3ccccc3)c2C(=O)OCC)cc1OCC. The van der Waals surface area contributed by atoms with Gasteiger partial charge in [0, 0.05) is 16.5 Å². The highest BCUT2D eigenvalue weighted by molar-refractivity contribution is 7.17. The average Bonchev–Trinajstić information content (AvgIpc) is 3.20. The molecule has 1 N–H and O–H groups in total. The number of amides is 1. The van der Waals surface area contributed by atoms with Gasteiger partial charge in [-0.25, -0.2) is 4.79 Å². The molecule has 6 nitrogen and oxygen atoms in total. The summed E-state index contributed by atoms with van der Waals surface area (Å²) in [5.74, 6) is 0.526. The van der Waals surface area contributed by atoms with Gasteiger partial charge in [-0.3, -0.25) is 4.79 Å². The molecular weight excluding hydrogens is 474 g/mol. The fraction of sp³-hybridized carbons (Fsp3) is 0.310. The maximum Gasteiger partial charge on any atom is 0.341 e. The molecule has 0 aliphatic rings. The van der Waals surface area contributed by atoms with Crippen molar-refractivity contribution in [3.63, 3.8) is 0 Å². The number of hydrogen-bond acceptors (Lipinski definition) is 6. The molecule has 36 heavy (non-hydrogen) atoms. The van der Waals surface area contributed by atoms with Gasteiger partial charge in [-0.1, -0.05) is 49.7 Å². The predicted octanol–water partition coefficient (Wildman–Crippen LogP) is 7.13. The highest BCUT2D eigenvalue weighted by Gasteiger charge is 2.25. The van der Waals surface area contributed by atoms with Crippen molar-refractivity contribution in [3.8, 4) is 22.6 Å². The second-order valence-electron chi connectivity index (χ2n) is 7.99. The van der Waals surface area contributed by atoms with Crippen LogP contribution in [0.3, 0.4) is 0 Å². The molecule has 0 saturated heterocycles. The molecule has 0 spiro atoms. The minimum absolute atomic E-state index is 0.246. The maximum atomic E-state index is 12.8. The van der Waals surface area contributed by atoms with Gasteiger partial charge in [-0.15, -0.1) is 11.3 Å². The van der Waals surface area contributed by atoms with Gasteiger partial charge in [0.2, 0.25) is 5.91 Å². The molecule has 0 radical (unpaired) electrons. The summed E-state index contributed by atoms with van der Waals surface area (Å²) < 4.78 is 16.9. The summed E-state index contributed by atoms with van der Waals surface area (Å²) in [4.78, 5) is 26.6. The monoisotopic (exact) mass is 507 g/mol. The van der Waals surface area contributed by atoms with Crippen LogP contribution in [-0.2, 0) is 9.53 Å². The number of rotatable bonds is 12. The average molecular weight is 508 g/mol. The molecule has 1 heterocycles. The lowest BCUT2D eigenvalue weighted by molar-refractivity contribution is -0.111. The van der Waals surface area contributed by atoms with E-state index in [-0.39, 0.29) is 12.5 Å². The molecule has 7 heteroatoms. The summed E-state index contributed by atoms with van der Waals surface area (Å²) in [7, 11) is 0. The predicted molar refractivity (Wildman–Crippen MR) is 146 cm³/mol. The first-order valence-electron chi connectivity index (χ1n) is 12.2. The number of carbonyl (C=O) groups is 2. The van der Waals surface area contributed by atoms with Crippen molar-refractivity contribution in [2.24, 2.45) is 0 Å². The smallest absolute Gasteiger partial charge is 0.341 e. The molecule has 0 saturated carbocycles. The molecule has 0 aliphatic carbocycles. The number of anilines is 1. The molecule has 3 rings (SSSR count). The number of nitrogens with one attached hydrogen (secondary N) is 1. The highest BCUT2D eigenvalue weighted by Crippen LogP contribution is 2.40. The zero-order valence-corrected chi connectivity index (χ0v) is 22.1. The molecule has 190 valence electrons. The Hall–Kier alpha value is -3.58. The van der Waals surface area contributed by atoms with Crippen LogP contribution in [0.4, 0.5) is 5.00 Å². The van der Waals surface area contributed by atoms with Gasteiger partial charge in [0.1, 0.15) is 10.6 Å². The van der Waals surface area contributed by atoms with Crippen molar-refractivity contribution < 1.29 is 23.8 Å². The number of hydrogen-bond donors (Lipinski definition) is 1. The number of thiophene rings is 1. The third-order valence-electron chi connectivity index (χ3n) is 5.31. The lowest BCUT2D eigenvalue weighted by Crippen LogP contribution is -2.12. The summed E-state index contributed by atoms with van der Waals surface area (Å²) in [6.45, 7) is 9.10. The van der Waals surface area contributed by atoms with E-state index >= 15 is 0 Å². The highest BCUT2D eigenvalue weighted by atomic mass is 32.1. The topological polar surface area (TPSA) is 73.9 Å². The number of ether oxygens (including phenoxy) is 3. The van der Waals surface area contributed by atoms with Crippen LogP contribution >= 0.6 is 11.3 Å². The van der Waals surface area contributed by atoms with Gasteiger partial charge in [-0.05, 0) is 56.5 Å². The molecule has 0 unspecified atom stereocenters. The molecule has 0 atom stereocenters. The largest absolute Gasteiger partial charge is 0.490 e. The Kier molecular flexibility index (Phi) is 10.1. The van der Waals surface area contributed by atoms with E-state index in [1.54, 1.807) is 13.0 Å². The van der Waals surface area contributed by atoms with E-state index in [0.29, 0.717) is 35.3 Å². The summed E-state index contributed by atoms with van der Waals surface area (Å²) in [6, 6.07) is 15.2.